The second kappa shape index (κ2) is 5.86. The Balaban J connectivity index is 4.31. The van der Waals surface area contributed by atoms with Crippen LogP contribution in [-0.4, -0.2) is 28.1 Å². The normalized spacial score (nSPS) is 16.6. The molecule has 0 aliphatic rings. The summed E-state index contributed by atoms with van der Waals surface area (Å²) in [4.78, 5) is 0. The van der Waals surface area contributed by atoms with Gasteiger partial charge in [-0.25, -0.2) is 0 Å². The van der Waals surface area contributed by atoms with Gasteiger partial charge in [0.25, 0.3) is 0 Å². The highest BCUT2D eigenvalue weighted by atomic mass is 28.4. The van der Waals surface area contributed by atoms with E-state index in [0.717, 1.165) is 0 Å². The van der Waals surface area contributed by atoms with E-state index in [0.29, 0.717) is 6.61 Å². The Kier molecular flexibility index (Phi) is 5.75. The molecule has 2 atom stereocenters. The summed E-state index contributed by atoms with van der Waals surface area (Å²) in [5, 5.41) is 0.241. The number of terminal acetylenes is 1. The van der Waals surface area contributed by atoms with Crippen molar-refractivity contribution in [3.63, 3.8) is 0 Å². The molecule has 0 aromatic heterocycles. The molecule has 0 aromatic carbocycles. The standard InChI is InChI=1S/C13H26O2Si/c1-9-12(14-6)11(2)10-15-16(7,8)13(3,4)5/h1,11-12H,10H2,2-8H3/t11-,12-/m0/s1. The molecule has 0 unspecified atom stereocenters. The molecule has 0 saturated heterocycles. The van der Waals surface area contributed by atoms with Crippen molar-refractivity contribution in [2.75, 3.05) is 13.7 Å². The number of methoxy groups -OCH3 is 1. The van der Waals surface area contributed by atoms with Crippen molar-refractivity contribution in [3.05, 3.63) is 0 Å². The van der Waals surface area contributed by atoms with Crippen molar-refractivity contribution in [2.45, 2.75) is 51.9 Å². The van der Waals surface area contributed by atoms with E-state index in [1.54, 1.807) is 7.11 Å². The van der Waals surface area contributed by atoms with Crippen LogP contribution in [0.25, 0.3) is 0 Å². The van der Waals surface area contributed by atoms with Gasteiger partial charge in [-0.3, -0.25) is 0 Å². The molecule has 94 valence electrons. The Morgan fingerprint density at radius 1 is 1.31 bits per heavy atom. The molecule has 0 aromatic rings. The van der Waals surface area contributed by atoms with Crippen molar-refractivity contribution in [2.24, 2.45) is 5.92 Å². The molecule has 0 saturated carbocycles. The Labute approximate surface area is 102 Å². The van der Waals surface area contributed by atoms with Crippen LogP contribution >= 0.6 is 0 Å². The minimum absolute atomic E-state index is 0.148. The summed E-state index contributed by atoms with van der Waals surface area (Å²) in [5.74, 6) is 2.88. The molecule has 0 heterocycles. The summed E-state index contributed by atoms with van der Waals surface area (Å²) in [6.45, 7) is 14.0. The highest BCUT2D eigenvalue weighted by Gasteiger charge is 2.37. The van der Waals surface area contributed by atoms with Crippen LogP contribution in [-0.2, 0) is 9.16 Å². The predicted molar refractivity (Wildman–Crippen MR) is 71.9 cm³/mol. The van der Waals surface area contributed by atoms with E-state index in [1.807, 2.05) is 0 Å². The van der Waals surface area contributed by atoms with Crippen LogP contribution in [0.5, 0.6) is 0 Å². The van der Waals surface area contributed by atoms with Gasteiger partial charge in [-0.1, -0.05) is 33.6 Å². The Morgan fingerprint density at radius 2 is 1.81 bits per heavy atom. The molecule has 0 amide bonds. The molecule has 3 heteroatoms. The van der Waals surface area contributed by atoms with Crippen LogP contribution in [0.1, 0.15) is 27.7 Å². The maximum absolute atomic E-state index is 6.10. The van der Waals surface area contributed by atoms with Gasteiger partial charge in [0.1, 0.15) is 6.10 Å². The molecule has 0 rings (SSSR count). The predicted octanol–water partition coefficient (Wildman–Crippen LogP) is 3.29. The molecule has 0 spiro atoms. The van der Waals surface area contributed by atoms with E-state index in [1.165, 1.54) is 0 Å². The number of hydrogen-bond acceptors (Lipinski definition) is 2. The quantitative estimate of drug-likeness (QED) is 0.544. The van der Waals surface area contributed by atoms with Gasteiger partial charge >= 0.3 is 0 Å². The average molecular weight is 242 g/mol. The second-order valence-corrected chi connectivity index (χ2v) is 10.7. The van der Waals surface area contributed by atoms with Crippen molar-refractivity contribution in [3.8, 4) is 12.3 Å². The van der Waals surface area contributed by atoms with Gasteiger partial charge in [0, 0.05) is 19.6 Å². The largest absolute Gasteiger partial charge is 0.416 e. The minimum Gasteiger partial charge on any atom is -0.416 e. The number of rotatable bonds is 5. The topological polar surface area (TPSA) is 18.5 Å². The lowest BCUT2D eigenvalue weighted by Crippen LogP contribution is -2.42. The van der Waals surface area contributed by atoms with Crippen molar-refractivity contribution in [1.82, 2.24) is 0 Å². The van der Waals surface area contributed by atoms with Crippen LogP contribution in [0.3, 0.4) is 0 Å². The first kappa shape index (κ1) is 15.7. The first-order valence-electron chi connectivity index (χ1n) is 5.78. The summed E-state index contributed by atoms with van der Waals surface area (Å²) in [6, 6.07) is 0. The summed E-state index contributed by atoms with van der Waals surface area (Å²) < 4.78 is 11.3. The van der Waals surface area contributed by atoms with Gasteiger partial charge < -0.3 is 9.16 Å². The maximum Gasteiger partial charge on any atom is 0.191 e. The lowest BCUT2D eigenvalue weighted by Gasteiger charge is -2.37. The Bertz CT molecular complexity index is 248. The zero-order valence-corrected chi connectivity index (χ0v) is 12.8. The summed E-state index contributed by atoms with van der Waals surface area (Å²) in [5.41, 5.74) is 0. The fraction of sp³-hybridized carbons (Fsp3) is 0.846. The van der Waals surface area contributed by atoms with E-state index in [2.05, 4.69) is 46.7 Å². The smallest absolute Gasteiger partial charge is 0.191 e. The van der Waals surface area contributed by atoms with E-state index < -0.39 is 8.32 Å². The summed E-state index contributed by atoms with van der Waals surface area (Å²) in [7, 11) is -0.0170. The van der Waals surface area contributed by atoms with Gasteiger partial charge in [0.05, 0.1) is 0 Å². The molecule has 0 fully saturated rings. The van der Waals surface area contributed by atoms with Crippen LogP contribution < -0.4 is 0 Å². The molecular formula is C13H26O2Si. The SMILES string of the molecule is C#C[C@H](OC)[C@@H](C)CO[Si](C)(C)C(C)(C)C. The zero-order valence-electron chi connectivity index (χ0n) is 11.8. The molecule has 2 nitrogen and oxygen atoms in total. The fourth-order valence-electron chi connectivity index (χ4n) is 1.11. The molecule has 0 radical (unpaired) electrons. The van der Waals surface area contributed by atoms with Crippen LogP contribution in [0.4, 0.5) is 0 Å². The van der Waals surface area contributed by atoms with Crippen LogP contribution in [0.2, 0.25) is 18.1 Å². The van der Waals surface area contributed by atoms with E-state index in [4.69, 9.17) is 15.6 Å². The second-order valence-electron chi connectivity index (χ2n) is 5.87. The van der Waals surface area contributed by atoms with Crippen LogP contribution in [0, 0.1) is 18.3 Å². The summed E-state index contributed by atoms with van der Waals surface area (Å²) >= 11 is 0. The van der Waals surface area contributed by atoms with Gasteiger partial charge in [0.15, 0.2) is 8.32 Å². The van der Waals surface area contributed by atoms with Gasteiger partial charge in [0.2, 0.25) is 0 Å². The molecule has 16 heavy (non-hydrogen) atoms. The van der Waals surface area contributed by atoms with Gasteiger partial charge in [-0.2, -0.15) is 0 Å². The van der Waals surface area contributed by atoms with E-state index >= 15 is 0 Å². The van der Waals surface area contributed by atoms with Crippen molar-refractivity contribution < 1.29 is 9.16 Å². The Hall–Kier alpha value is -0.303. The first-order chi connectivity index (χ1) is 7.15. The third-order valence-electron chi connectivity index (χ3n) is 3.45. The highest BCUT2D eigenvalue weighted by molar-refractivity contribution is 6.74. The van der Waals surface area contributed by atoms with Crippen LogP contribution in [0.15, 0.2) is 0 Å². The molecule has 0 aliphatic heterocycles. The first-order valence-corrected chi connectivity index (χ1v) is 8.69. The lowest BCUT2D eigenvalue weighted by molar-refractivity contribution is 0.0756. The fourth-order valence-corrected chi connectivity index (χ4v) is 2.22. The molecule has 0 aliphatic carbocycles. The van der Waals surface area contributed by atoms with Gasteiger partial charge in [-0.05, 0) is 18.1 Å². The Morgan fingerprint density at radius 3 is 2.12 bits per heavy atom. The van der Waals surface area contributed by atoms with E-state index in [9.17, 15) is 0 Å². The number of hydrogen-bond donors (Lipinski definition) is 0. The van der Waals surface area contributed by atoms with Crippen molar-refractivity contribution >= 4 is 8.32 Å². The zero-order chi connectivity index (χ0) is 13.0. The summed E-state index contributed by atoms with van der Waals surface area (Å²) in [6.07, 6.45) is 5.24. The molecule has 0 N–H and O–H groups in total. The maximum atomic E-state index is 6.10. The monoisotopic (exact) mass is 242 g/mol. The average Bonchev–Trinajstić information content (AvgIpc) is 2.15. The highest BCUT2D eigenvalue weighted by Crippen LogP contribution is 2.36. The van der Waals surface area contributed by atoms with Gasteiger partial charge in [-0.15, -0.1) is 6.42 Å². The van der Waals surface area contributed by atoms with E-state index in [-0.39, 0.29) is 17.1 Å². The third kappa shape index (κ3) is 4.29. The lowest BCUT2D eigenvalue weighted by atomic mass is 10.1. The minimum atomic E-state index is -1.66. The molecular weight excluding hydrogens is 216 g/mol. The molecule has 0 bridgehead atoms. The third-order valence-corrected chi connectivity index (χ3v) is 7.95. The van der Waals surface area contributed by atoms with Crippen molar-refractivity contribution in [1.29, 1.82) is 0 Å². The number of ether oxygens (including phenoxy) is 1.